The van der Waals surface area contributed by atoms with E-state index in [0.717, 1.165) is 21.3 Å². The van der Waals surface area contributed by atoms with Crippen LogP contribution in [0.15, 0.2) is 57.8 Å². The summed E-state index contributed by atoms with van der Waals surface area (Å²) in [5, 5.41) is 2.84. The number of nitrogens with one attached hydrogen (secondary N) is 1. The molecule has 1 amide bonds. The van der Waals surface area contributed by atoms with Crippen molar-refractivity contribution in [3.8, 4) is 11.5 Å². The zero-order chi connectivity index (χ0) is 23.5. The fourth-order valence-corrected chi connectivity index (χ4v) is 3.50. The molecule has 1 N–H and O–H groups in total. The first-order chi connectivity index (χ1) is 15.8. The molecule has 2 aromatic carbocycles. The number of hydrogen-bond acceptors (Lipinski definition) is 6. The first-order valence-electron chi connectivity index (χ1n) is 10.5. The van der Waals surface area contributed by atoms with Crippen molar-refractivity contribution >= 4 is 17.2 Å². The van der Waals surface area contributed by atoms with Crippen molar-refractivity contribution in [2.24, 2.45) is 0 Å². The highest BCUT2D eigenvalue weighted by Crippen LogP contribution is 2.27. The van der Waals surface area contributed by atoms with Gasteiger partial charge in [0, 0.05) is 12.1 Å². The minimum atomic E-state index is -0.326. The van der Waals surface area contributed by atoms with Gasteiger partial charge in [-0.05, 0) is 56.5 Å². The Kier molecular flexibility index (Phi) is 6.17. The lowest BCUT2D eigenvalue weighted by Gasteiger charge is -2.15. The van der Waals surface area contributed by atoms with Gasteiger partial charge in [0.15, 0.2) is 12.3 Å². The van der Waals surface area contributed by atoms with E-state index in [1.807, 2.05) is 51.1 Å². The summed E-state index contributed by atoms with van der Waals surface area (Å²) in [5.74, 6) is 1.46. The topological polar surface area (TPSA) is 95.1 Å². The average molecular weight is 447 g/mol. The van der Waals surface area contributed by atoms with Crippen LogP contribution in [0.2, 0.25) is 0 Å². The van der Waals surface area contributed by atoms with Crippen LogP contribution in [-0.4, -0.2) is 22.1 Å². The number of nitrogens with zero attached hydrogens (tertiary/aromatic N) is 2. The molecule has 4 rings (SSSR count). The molecule has 8 heteroatoms. The normalized spacial score (nSPS) is 10.9. The number of amides is 1. The summed E-state index contributed by atoms with van der Waals surface area (Å²) in [5.41, 5.74) is 3.95. The second-order valence-electron chi connectivity index (χ2n) is 7.93. The lowest BCUT2D eigenvalue weighted by Crippen LogP contribution is -2.21. The molecule has 0 aliphatic carbocycles. The SMILES string of the molecule is Cc1ccc(NC(=O)COc2c(C)cccc2C)c(OCc2cc(=O)n3oc(C)cc3n2)c1. The zero-order valence-corrected chi connectivity index (χ0v) is 19.0. The van der Waals surface area contributed by atoms with E-state index >= 15 is 0 Å². The number of carbonyl (C=O) groups is 1. The molecule has 0 bridgehead atoms. The van der Waals surface area contributed by atoms with E-state index < -0.39 is 0 Å². The summed E-state index contributed by atoms with van der Waals surface area (Å²) in [7, 11) is 0. The molecule has 33 heavy (non-hydrogen) atoms. The monoisotopic (exact) mass is 447 g/mol. The van der Waals surface area contributed by atoms with Gasteiger partial charge in [0.05, 0.1) is 11.4 Å². The van der Waals surface area contributed by atoms with Crippen molar-refractivity contribution < 1.29 is 18.8 Å². The van der Waals surface area contributed by atoms with E-state index in [0.29, 0.717) is 34.3 Å². The molecule has 2 heterocycles. The third kappa shape index (κ3) is 5.06. The van der Waals surface area contributed by atoms with Gasteiger partial charge in [-0.25, -0.2) is 4.98 Å². The van der Waals surface area contributed by atoms with Crippen LogP contribution in [0.25, 0.3) is 5.65 Å². The highest BCUT2D eigenvalue weighted by molar-refractivity contribution is 5.93. The van der Waals surface area contributed by atoms with Crippen LogP contribution in [-0.2, 0) is 11.4 Å². The number of aromatic nitrogens is 2. The molecule has 0 saturated carbocycles. The third-order valence-electron chi connectivity index (χ3n) is 5.07. The Morgan fingerprint density at radius 3 is 2.55 bits per heavy atom. The average Bonchev–Trinajstić information content (AvgIpc) is 3.14. The van der Waals surface area contributed by atoms with Crippen LogP contribution in [0.5, 0.6) is 11.5 Å². The minimum absolute atomic E-state index is 0.0567. The van der Waals surface area contributed by atoms with Crippen molar-refractivity contribution in [3.63, 3.8) is 0 Å². The minimum Gasteiger partial charge on any atom is -0.485 e. The van der Waals surface area contributed by atoms with Crippen LogP contribution in [0.4, 0.5) is 5.69 Å². The van der Waals surface area contributed by atoms with Crippen LogP contribution in [0.1, 0.15) is 28.1 Å². The van der Waals surface area contributed by atoms with Crippen molar-refractivity contribution in [2.75, 3.05) is 11.9 Å². The Morgan fingerprint density at radius 1 is 1.03 bits per heavy atom. The second kappa shape index (κ2) is 9.20. The molecule has 0 radical (unpaired) electrons. The van der Waals surface area contributed by atoms with Crippen molar-refractivity contribution in [1.29, 1.82) is 0 Å². The third-order valence-corrected chi connectivity index (χ3v) is 5.07. The van der Waals surface area contributed by atoms with E-state index in [1.165, 1.54) is 6.07 Å². The number of carbonyl (C=O) groups excluding carboxylic acids is 1. The lowest BCUT2D eigenvalue weighted by molar-refractivity contribution is -0.118. The number of aryl methyl sites for hydroxylation is 4. The van der Waals surface area contributed by atoms with E-state index in [1.54, 1.807) is 19.1 Å². The Bertz CT molecular complexity index is 1370. The predicted molar refractivity (Wildman–Crippen MR) is 124 cm³/mol. The number of hydrogen-bond donors (Lipinski definition) is 1. The van der Waals surface area contributed by atoms with Gasteiger partial charge in [-0.2, -0.15) is 0 Å². The first kappa shape index (κ1) is 22.1. The molecule has 0 aliphatic heterocycles. The van der Waals surface area contributed by atoms with Gasteiger partial charge in [0.1, 0.15) is 23.9 Å². The van der Waals surface area contributed by atoms with E-state index in [2.05, 4.69) is 10.3 Å². The van der Waals surface area contributed by atoms with Crippen LogP contribution >= 0.6 is 0 Å². The summed E-state index contributed by atoms with van der Waals surface area (Å²) in [6.45, 7) is 7.47. The molecule has 8 nitrogen and oxygen atoms in total. The van der Waals surface area contributed by atoms with Crippen LogP contribution < -0.4 is 20.3 Å². The maximum atomic E-state index is 12.6. The van der Waals surface area contributed by atoms with E-state index in [9.17, 15) is 9.59 Å². The summed E-state index contributed by atoms with van der Waals surface area (Å²) in [4.78, 5) is 29.2. The van der Waals surface area contributed by atoms with E-state index in [4.69, 9.17) is 14.0 Å². The Balaban J connectivity index is 1.46. The van der Waals surface area contributed by atoms with Crippen LogP contribution in [0.3, 0.4) is 0 Å². The van der Waals surface area contributed by atoms with Gasteiger partial charge in [-0.3, -0.25) is 9.59 Å². The van der Waals surface area contributed by atoms with Gasteiger partial charge in [0.25, 0.3) is 11.5 Å². The number of para-hydroxylation sites is 1. The van der Waals surface area contributed by atoms with Gasteiger partial charge in [-0.15, -0.1) is 4.57 Å². The summed E-state index contributed by atoms with van der Waals surface area (Å²) in [6.07, 6.45) is 0. The van der Waals surface area contributed by atoms with Crippen LogP contribution in [0, 0.1) is 27.7 Å². The summed E-state index contributed by atoms with van der Waals surface area (Å²) >= 11 is 0. The fourth-order valence-electron chi connectivity index (χ4n) is 3.50. The van der Waals surface area contributed by atoms with Crippen molar-refractivity contribution in [3.05, 3.63) is 87.0 Å². The molecule has 0 aliphatic rings. The number of rotatable bonds is 7. The molecule has 2 aromatic heterocycles. The first-order valence-corrected chi connectivity index (χ1v) is 10.5. The number of fused-ring (bicyclic) bond motifs is 1. The second-order valence-corrected chi connectivity index (χ2v) is 7.93. The maximum absolute atomic E-state index is 12.6. The maximum Gasteiger partial charge on any atom is 0.287 e. The Labute approximate surface area is 190 Å². The lowest BCUT2D eigenvalue weighted by atomic mass is 10.1. The molecular formula is C25H25N3O5. The van der Waals surface area contributed by atoms with Gasteiger partial charge in [-0.1, -0.05) is 24.3 Å². The molecule has 0 spiro atoms. The van der Waals surface area contributed by atoms with Gasteiger partial charge in [0.2, 0.25) is 0 Å². The Hall–Kier alpha value is -4.07. The Morgan fingerprint density at radius 2 is 1.79 bits per heavy atom. The molecular weight excluding hydrogens is 422 g/mol. The number of benzene rings is 2. The zero-order valence-electron chi connectivity index (χ0n) is 19.0. The van der Waals surface area contributed by atoms with Crippen molar-refractivity contribution in [2.45, 2.75) is 34.3 Å². The van der Waals surface area contributed by atoms with E-state index in [-0.39, 0.29) is 24.7 Å². The summed E-state index contributed by atoms with van der Waals surface area (Å²) in [6, 6.07) is 14.3. The molecule has 0 atom stereocenters. The van der Waals surface area contributed by atoms with Crippen molar-refractivity contribution in [1.82, 2.24) is 9.56 Å². The molecule has 0 saturated heterocycles. The molecule has 0 unspecified atom stereocenters. The van der Waals surface area contributed by atoms with Gasteiger partial charge >= 0.3 is 0 Å². The standard InChI is InChI=1S/C25H25N3O5/c1-15-8-9-20(27-23(29)14-32-25-16(2)6-5-7-17(25)3)21(10-15)31-13-19-12-24(30)28-22(26-19)11-18(4)33-28/h5-12H,13-14H2,1-4H3,(H,27,29). The predicted octanol–water partition coefficient (Wildman–Crippen LogP) is 4.12. The quantitative estimate of drug-likeness (QED) is 0.458. The number of ether oxygens (including phenoxy) is 2. The fraction of sp³-hybridized carbons (Fsp3) is 0.240. The smallest absolute Gasteiger partial charge is 0.287 e. The molecule has 4 aromatic rings. The molecule has 170 valence electrons. The van der Waals surface area contributed by atoms with Gasteiger partial charge < -0.3 is 19.3 Å². The highest BCUT2D eigenvalue weighted by Gasteiger charge is 2.13. The molecule has 0 fully saturated rings. The highest BCUT2D eigenvalue weighted by atomic mass is 16.5. The summed E-state index contributed by atoms with van der Waals surface area (Å²) < 4.78 is 18.1. The number of anilines is 1. The largest absolute Gasteiger partial charge is 0.485 e.